The van der Waals surface area contributed by atoms with Crippen molar-refractivity contribution in [2.75, 3.05) is 13.1 Å². The number of aliphatic hydroxyl groups is 1. The second-order valence-electron chi connectivity index (χ2n) is 2.83. The molecule has 0 saturated heterocycles. The summed E-state index contributed by atoms with van der Waals surface area (Å²) in [5.41, 5.74) is 0. The van der Waals surface area contributed by atoms with Crippen molar-refractivity contribution in [1.29, 1.82) is 0 Å². The maximum absolute atomic E-state index is 10.9. The Labute approximate surface area is 82.3 Å². The summed E-state index contributed by atoms with van der Waals surface area (Å²) in [4.78, 5) is 21.1. The van der Waals surface area contributed by atoms with Crippen molar-refractivity contribution in [1.82, 2.24) is 10.6 Å². The van der Waals surface area contributed by atoms with Gasteiger partial charge in [-0.3, -0.25) is 0 Å². The second-order valence-corrected chi connectivity index (χ2v) is 2.83. The SMILES string of the molecule is CCCNC(=O)NCC[C@H](O)C(=O)O. The highest BCUT2D eigenvalue weighted by Gasteiger charge is 2.12. The molecule has 4 N–H and O–H groups in total. The van der Waals surface area contributed by atoms with Crippen molar-refractivity contribution in [3.63, 3.8) is 0 Å². The Morgan fingerprint density at radius 2 is 1.86 bits per heavy atom. The number of hydrogen-bond donors (Lipinski definition) is 4. The topological polar surface area (TPSA) is 98.7 Å². The van der Waals surface area contributed by atoms with E-state index < -0.39 is 12.1 Å². The third-order valence-corrected chi connectivity index (χ3v) is 1.52. The minimum atomic E-state index is -1.42. The van der Waals surface area contributed by atoms with Gasteiger partial charge in [0, 0.05) is 19.5 Å². The molecule has 0 aliphatic heterocycles. The summed E-state index contributed by atoms with van der Waals surface area (Å²) < 4.78 is 0. The number of rotatable bonds is 6. The highest BCUT2D eigenvalue weighted by Crippen LogP contribution is 1.88. The molecule has 6 nitrogen and oxygen atoms in total. The summed E-state index contributed by atoms with van der Waals surface area (Å²) in [6, 6.07) is -0.343. The molecule has 2 amide bonds. The highest BCUT2D eigenvalue weighted by molar-refractivity contribution is 5.74. The van der Waals surface area contributed by atoms with Gasteiger partial charge in [0.05, 0.1) is 0 Å². The van der Waals surface area contributed by atoms with Crippen LogP contribution in [0.3, 0.4) is 0 Å². The molecule has 0 aromatic rings. The fraction of sp³-hybridized carbons (Fsp3) is 0.750. The van der Waals surface area contributed by atoms with Crippen LogP contribution in [0.5, 0.6) is 0 Å². The zero-order valence-corrected chi connectivity index (χ0v) is 8.12. The molecule has 0 aliphatic carbocycles. The van der Waals surface area contributed by atoms with Crippen LogP contribution >= 0.6 is 0 Å². The van der Waals surface area contributed by atoms with Gasteiger partial charge in [-0.05, 0) is 6.42 Å². The van der Waals surface area contributed by atoms with Crippen LogP contribution in [0.25, 0.3) is 0 Å². The minimum Gasteiger partial charge on any atom is -0.479 e. The number of carboxylic acids is 1. The molecule has 6 heteroatoms. The summed E-state index contributed by atoms with van der Waals surface area (Å²) in [6.07, 6.45) is -0.568. The summed E-state index contributed by atoms with van der Waals surface area (Å²) in [7, 11) is 0. The van der Waals surface area contributed by atoms with Crippen LogP contribution in [0.4, 0.5) is 4.79 Å². The Morgan fingerprint density at radius 1 is 1.29 bits per heavy atom. The second kappa shape index (κ2) is 7.14. The summed E-state index contributed by atoms with van der Waals surface area (Å²) in [5, 5.41) is 22.1. The Morgan fingerprint density at radius 3 is 2.36 bits per heavy atom. The van der Waals surface area contributed by atoms with Crippen molar-refractivity contribution in [3.8, 4) is 0 Å². The average Bonchev–Trinajstić information content (AvgIpc) is 2.14. The Balaban J connectivity index is 3.44. The third-order valence-electron chi connectivity index (χ3n) is 1.52. The number of amides is 2. The molecule has 0 spiro atoms. The summed E-state index contributed by atoms with van der Waals surface area (Å²) in [6.45, 7) is 2.64. The number of hydrogen-bond acceptors (Lipinski definition) is 3. The molecule has 0 fully saturated rings. The molecule has 0 aromatic carbocycles. The van der Waals surface area contributed by atoms with Crippen LogP contribution in [-0.4, -0.2) is 41.4 Å². The summed E-state index contributed by atoms with van der Waals surface area (Å²) >= 11 is 0. The van der Waals surface area contributed by atoms with Crippen molar-refractivity contribution in [3.05, 3.63) is 0 Å². The van der Waals surface area contributed by atoms with Crippen LogP contribution < -0.4 is 10.6 Å². The molecule has 82 valence electrons. The fourth-order valence-corrected chi connectivity index (χ4v) is 0.747. The van der Waals surface area contributed by atoms with E-state index in [1.807, 2.05) is 6.92 Å². The molecule has 0 radical (unpaired) electrons. The summed E-state index contributed by atoms with van der Waals surface area (Å²) in [5.74, 6) is -1.28. The van der Waals surface area contributed by atoms with Crippen molar-refractivity contribution in [2.45, 2.75) is 25.9 Å². The maximum atomic E-state index is 10.9. The first-order valence-electron chi connectivity index (χ1n) is 4.50. The lowest BCUT2D eigenvalue weighted by Gasteiger charge is -2.07. The standard InChI is InChI=1S/C8H16N2O4/c1-2-4-9-8(14)10-5-3-6(11)7(12)13/h6,11H,2-5H2,1H3,(H,12,13)(H2,9,10,14)/t6-/m0/s1. The minimum absolute atomic E-state index is 0.00881. The molecule has 0 heterocycles. The molecule has 14 heavy (non-hydrogen) atoms. The van der Waals surface area contributed by atoms with E-state index in [1.54, 1.807) is 0 Å². The molecule has 1 atom stereocenters. The Bertz CT molecular complexity index is 196. The largest absolute Gasteiger partial charge is 0.479 e. The zero-order chi connectivity index (χ0) is 11.0. The number of carboxylic acid groups (broad SMARTS) is 1. The average molecular weight is 204 g/mol. The monoisotopic (exact) mass is 204 g/mol. The normalized spacial score (nSPS) is 11.9. The lowest BCUT2D eigenvalue weighted by Crippen LogP contribution is -2.38. The number of aliphatic hydroxyl groups excluding tert-OH is 1. The van der Waals surface area contributed by atoms with Gasteiger partial charge >= 0.3 is 12.0 Å². The first-order chi connectivity index (χ1) is 6.57. The van der Waals surface area contributed by atoms with Crippen molar-refractivity contribution < 1.29 is 19.8 Å². The van der Waals surface area contributed by atoms with E-state index in [0.29, 0.717) is 6.54 Å². The van der Waals surface area contributed by atoms with Crippen LogP contribution in [0.2, 0.25) is 0 Å². The quantitative estimate of drug-likeness (QED) is 0.470. The smallest absolute Gasteiger partial charge is 0.332 e. The molecular formula is C8H16N2O4. The molecular weight excluding hydrogens is 188 g/mol. The number of carbonyl (C=O) groups excluding carboxylic acids is 1. The van der Waals surface area contributed by atoms with E-state index in [2.05, 4.69) is 10.6 Å². The van der Waals surface area contributed by atoms with Crippen molar-refractivity contribution in [2.24, 2.45) is 0 Å². The molecule has 0 aromatic heterocycles. The van der Waals surface area contributed by atoms with Gasteiger partial charge in [-0.15, -0.1) is 0 Å². The van der Waals surface area contributed by atoms with Gasteiger partial charge in [0.2, 0.25) is 0 Å². The van der Waals surface area contributed by atoms with E-state index in [4.69, 9.17) is 10.2 Å². The predicted octanol–water partition coefficient (Wildman–Crippen LogP) is -0.469. The zero-order valence-electron chi connectivity index (χ0n) is 8.12. The van der Waals surface area contributed by atoms with Crippen LogP contribution in [0, 0.1) is 0 Å². The predicted molar refractivity (Wildman–Crippen MR) is 50.0 cm³/mol. The molecule has 0 rings (SSSR count). The number of carbonyl (C=O) groups is 2. The number of nitrogens with one attached hydrogen (secondary N) is 2. The van der Waals surface area contributed by atoms with E-state index in [0.717, 1.165) is 6.42 Å². The van der Waals surface area contributed by atoms with E-state index in [-0.39, 0.29) is 19.0 Å². The van der Waals surface area contributed by atoms with Gasteiger partial charge in [-0.25, -0.2) is 9.59 Å². The lowest BCUT2D eigenvalue weighted by molar-refractivity contribution is -0.146. The Hall–Kier alpha value is -1.30. The van der Waals surface area contributed by atoms with Gasteiger partial charge in [0.15, 0.2) is 6.10 Å². The van der Waals surface area contributed by atoms with Crippen LogP contribution in [0.15, 0.2) is 0 Å². The first-order valence-corrected chi connectivity index (χ1v) is 4.50. The maximum Gasteiger partial charge on any atom is 0.332 e. The van der Waals surface area contributed by atoms with Crippen LogP contribution in [0.1, 0.15) is 19.8 Å². The molecule has 0 unspecified atom stereocenters. The highest BCUT2D eigenvalue weighted by atomic mass is 16.4. The first kappa shape index (κ1) is 12.7. The van der Waals surface area contributed by atoms with Gasteiger partial charge in [-0.1, -0.05) is 6.92 Å². The van der Waals surface area contributed by atoms with E-state index in [9.17, 15) is 9.59 Å². The molecule has 0 aliphatic rings. The lowest BCUT2D eigenvalue weighted by atomic mass is 10.2. The van der Waals surface area contributed by atoms with E-state index in [1.165, 1.54) is 0 Å². The van der Waals surface area contributed by atoms with E-state index >= 15 is 0 Å². The van der Waals surface area contributed by atoms with Gasteiger partial charge in [0.1, 0.15) is 0 Å². The molecule has 0 bridgehead atoms. The molecule has 0 saturated carbocycles. The van der Waals surface area contributed by atoms with Gasteiger partial charge in [-0.2, -0.15) is 0 Å². The van der Waals surface area contributed by atoms with Crippen LogP contribution in [-0.2, 0) is 4.79 Å². The van der Waals surface area contributed by atoms with Gasteiger partial charge < -0.3 is 20.8 Å². The number of aliphatic carboxylic acids is 1. The van der Waals surface area contributed by atoms with Gasteiger partial charge in [0.25, 0.3) is 0 Å². The fourth-order valence-electron chi connectivity index (χ4n) is 0.747. The number of urea groups is 1. The Kier molecular flexibility index (Phi) is 6.47. The van der Waals surface area contributed by atoms with Crippen molar-refractivity contribution >= 4 is 12.0 Å². The third kappa shape index (κ3) is 6.24.